The van der Waals surface area contributed by atoms with E-state index in [-0.39, 0.29) is 18.0 Å². The fraction of sp³-hybridized carbons (Fsp3) is 0.0588. The fourth-order valence-electron chi connectivity index (χ4n) is 2.20. The normalized spacial score (nSPS) is 10.8. The molecular weight excluding hydrogens is 333 g/mol. The van der Waals surface area contributed by atoms with Crippen molar-refractivity contribution in [2.75, 3.05) is 0 Å². The molecule has 0 aliphatic heterocycles. The van der Waals surface area contributed by atoms with Gasteiger partial charge < -0.3 is 0 Å². The molecule has 0 aliphatic rings. The summed E-state index contributed by atoms with van der Waals surface area (Å²) in [7, 11) is 0. The van der Waals surface area contributed by atoms with Gasteiger partial charge in [-0.2, -0.15) is 0 Å². The van der Waals surface area contributed by atoms with Gasteiger partial charge in [-0.25, -0.2) is 4.39 Å². The van der Waals surface area contributed by atoms with Gasteiger partial charge in [-0.05, 0) is 48.0 Å². The number of Topliss-reactive ketones (excluding diaryl/α,β-unsaturated/α-hetero) is 1. The van der Waals surface area contributed by atoms with E-state index in [0.29, 0.717) is 11.1 Å². The summed E-state index contributed by atoms with van der Waals surface area (Å²) in [6.07, 6.45) is 1.87. The van der Waals surface area contributed by atoms with Crippen molar-refractivity contribution in [3.05, 3.63) is 76.1 Å². The van der Waals surface area contributed by atoms with Crippen LogP contribution in [0.15, 0.2) is 59.2 Å². The lowest BCUT2D eigenvalue weighted by Gasteiger charge is -2.05. The van der Waals surface area contributed by atoms with Crippen molar-refractivity contribution >= 4 is 32.6 Å². The van der Waals surface area contributed by atoms with Gasteiger partial charge in [-0.3, -0.25) is 9.78 Å². The first-order valence-corrected chi connectivity index (χ1v) is 7.25. The van der Waals surface area contributed by atoms with E-state index in [1.54, 1.807) is 18.3 Å². The number of carbonyl (C=O) groups is 1. The van der Waals surface area contributed by atoms with E-state index in [1.807, 2.05) is 24.3 Å². The zero-order valence-corrected chi connectivity index (χ0v) is 12.6. The molecule has 104 valence electrons. The zero-order valence-electron chi connectivity index (χ0n) is 11.0. The van der Waals surface area contributed by atoms with Gasteiger partial charge >= 0.3 is 0 Å². The van der Waals surface area contributed by atoms with Gasteiger partial charge in [-0.1, -0.05) is 22.0 Å². The van der Waals surface area contributed by atoms with E-state index >= 15 is 0 Å². The second-order valence-corrected chi connectivity index (χ2v) is 5.60. The summed E-state index contributed by atoms with van der Waals surface area (Å²) in [5.74, 6) is -0.393. The van der Waals surface area contributed by atoms with Crippen molar-refractivity contribution in [3.8, 4) is 0 Å². The number of fused-ring (bicyclic) bond motifs is 1. The predicted molar refractivity (Wildman–Crippen MR) is 83.9 cm³/mol. The predicted octanol–water partition coefficient (Wildman–Crippen LogP) is 4.56. The summed E-state index contributed by atoms with van der Waals surface area (Å²) in [5.41, 5.74) is 2.10. The van der Waals surface area contributed by atoms with Crippen LogP contribution in [0.3, 0.4) is 0 Å². The summed E-state index contributed by atoms with van der Waals surface area (Å²) < 4.78 is 14.0. The van der Waals surface area contributed by atoms with E-state index < -0.39 is 0 Å². The molecule has 0 aliphatic carbocycles. The number of ketones is 1. The molecule has 0 radical (unpaired) electrons. The van der Waals surface area contributed by atoms with E-state index in [0.717, 1.165) is 15.4 Å². The van der Waals surface area contributed by atoms with Crippen molar-refractivity contribution in [2.45, 2.75) is 6.42 Å². The van der Waals surface area contributed by atoms with Crippen LogP contribution in [0.2, 0.25) is 0 Å². The lowest BCUT2D eigenvalue weighted by atomic mass is 10.0. The molecule has 0 saturated carbocycles. The van der Waals surface area contributed by atoms with Gasteiger partial charge in [0.2, 0.25) is 0 Å². The molecule has 1 aromatic heterocycles. The fourth-order valence-corrected chi connectivity index (χ4v) is 2.59. The largest absolute Gasteiger partial charge is 0.294 e. The van der Waals surface area contributed by atoms with Crippen molar-refractivity contribution in [2.24, 2.45) is 0 Å². The van der Waals surface area contributed by atoms with Gasteiger partial charge in [0.05, 0.1) is 5.52 Å². The maximum absolute atomic E-state index is 13.3. The van der Waals surface area contributed by atoms with Crippen LogP contribution in [0.25, 0.3) is 10.9 Å². The number of halogens is 2. The standard InChI is InChI=1S/C17H11BrFNO/c18-15-5-4-14(19)9-13(15)10-17(21)12-3-6-16-11(8-12)2-1-7-20-16/h1-9H,10H2. The molecule has 0 amide bonds. The smallest absolute Gasteiger partial charge is 0.167 e. The molecule has 4 heteroatoms. The van der Waals surface area contributed by atoms with Crippen LogP contribution >= 0.6 is 15.9 Å². The Labute approximate surface area is 129 Å². The van der Waals surface area contributed by atoms with Crippen LogP contribution in [0.5, 0.6) is 0 Å². The minimum absolute atomic E-state index is 0.0490. The SMILES string of the molecule is O=C(Cc1cc(F)ccc1Br)c1ccc2ncccc2c1. The van der Waals surface area contributed by atoms with E-state index in [1.165, 1.54) is 12.1 Å². The first-order valence-electron chi connectivity index (χ1n) is 6.45. The number of aromatic nitrogens is 1. The Balaban J connectivity index is 1.91. The molecule has 3 rings (SSSR count). The summed E-state index contributed by atoms with van der Waals surface area (Å²) in [6, 6.07) is 13.5. The third-order valence-corrected chi connectivity index (χ3v) is 4.06. The lowest BCUT2D eigenvalue weighted by molar-refractivity contribution is 0.0993. The van der Waals surface area contributed by atoms with Crippen LogP contribution in [-0.2, 0) is 6.42 Å². The molecule has 21 heavy (non-hydrogen) atoms. The van der Waals surface area contributed by atoms with Crippen LogP contribution in [0, 0.1) is 5.82 Å². The highest BCUT2D eigenvalue weighted by Crippen LogP contribution is 2.21. The Morgan fingerprint density at radius 2 is 2.00 bits per heavy atom. The minimum Gasteiger partial charge on any atom is -0.294 e. The van der Waals surface area contributed by atoms with Crippen LogP contribution in [0.1, 0.15) is 15.9 Å². The molecule has 0 unspecified atom stereocenters. The number of hydrogen-bond acceptors (Lipinski definition) is 2. The maximum Gasteiger partial charge on any atom is 0.167 e. The van der Waals surface area contributed by atoms with E-state index in [4.69, 9.17) is 0 Å². The monoisotopic (exact) mass is 343 g/mol. The van der Waals surface area contributed by atoms with E-state index in [9.17, 15) is 9.18 Å². The molecule has 2 nitrogen and oxygen atoms in total. The molecule has 0 fully saturated rings. The molecule has 0 saturated heterocycles. The van der Waals surface area contributed by atoms with Crippen molar-refractivity contribution in [3.63, 3.8) is 0 Å². The van der Waals surface area contributed by atoms with Crippen molar-refractivity contribution in [1.82, 2.24) is 4.98 Å². The van der Waals surface area contributed by atoms with Gasteiger partial charge in [0, 0.05) is 28.0 Å². The summed E-state index contributed by atoms with van der Waals surface area (Å²) in [6.45, 7) is 0. The van der Waals surface area contributed by atoms with Crippen LogP contribution in [0.4, 0.5) is 4.39 Å². The summed E-state index contributed by atoms with van der Waals surface area (Å²) in [4.78, 5) is 16.6. The first-order chi connectivity index (χ1) is 10.1. The second-order valence-electron chi connectivity index (χ2n) is 4.75. The Morgan fingerprint density at radius 3 is 2.86 bits per heavy atom. The molecule has 2 aromatic carbocycles. The first kappa shape index (κ1) is 13.9. The van der Waals surface area contributed by atoms with Crippen molar-refractivity contribution < 1.29 is 9.18 Å². The Hall–Kier alpha value is -2.07. The quantitative estimate of drug-likeness (QED) is 0.652. The third kappa shape index (κ3) is 3.00. The molecule has 0 atom stereocenters. The number of hydrogen-bond donors (Lipinski definition) is 0. The number of rotatable bonds is 3. The third-order valence-electron chi connectivity index (χ3n) is 3.28. The number of carbonyl (C=O) groups excluding carboxylic acids is 1. The average molecular weight is 344 g/mol. The topological polar surface area (TPSA) is 30.0 Å². The average Bonchev–Trinajstić information content (AvgIpc) is 2.50. The van der Waals surface area contributed by atoms with Gasteiger partial charge in [0.15, 0.2) is 5.78 Å². The summed E-state index contributed by atoms with van der Waals surface area (Å²) in [5, 5.41) is 0.918. The number of benzene rings is 2. The summed E-state index contributed by atoms with van der Waals surface area (Å²) >= 11 is 3.34. The highest BCUT2D eigenvalue weighted by molar-refractivity contribution is 9.10. The number of nitrogens with zero attached hydrogens (tertiary/aromatic N) is 1. The number of pyridine rings is 1. The Kier molecular flexibility index (Phi) is 3.80. The molecule has 0 N–H and O–H groups in total. The Morgan fingerprint density at radius 1 is 1.14 bits per heavy atom. The van der Waals surface area contributed by atoms with Gasteiger partial charge in [-0.15, -0.1) is 0 Å². The van der Waals surface area contributed by atoms with E-state index in [2.05, 4.69) is 20.9 Å². The van der Waals surface area contributed by atoms with Gasteiger partial charge in [0.25, 0.3) is 0 Å². The highest BCUT2D eigenvalue weighted by Gasteiger charge is 2.11. The van der Waals surface area contributed by atoms with Crippen molar-refractivity contribution in [1.29, 1.82) is 0 Å². The zero-order chi connectivity index (χ0) is 14.8. The minimum atomic E-state index is -0.344. The molecule has 3 aromatic rings. The second kappa shape index (κ2) is 5.74. The highest BCUT2D eigenvalue weighted by atomic mass is 79.9. The van der Waals surface area contributed by atoms with Gasteiger partial charge in [0.1, 0.15) is 5.82 Å². The molecule has 0 bridgehead atoms. The van der Waals surface area contributed by atoms with Crippen LogP contribution < -0.4 is 0 Å². The van der Waals surface area contributed by atoms with Crippen LogP contribution in [-0.4, -0.2) is 10.8 Å². The molecule has 1 heterocycles. The Bertz CT molecular complexity index is 832. The molecular formula is C17H11BrFNO. The molecule has 0 spiro atoms. The lowest BCUT2D eigenvalue weighted by Crippen LogP contribution is -2.04. The maximum atomic E-state index is 13.3.